The van der Waals surface area contributed by atoms with Crippen LogP contribution in [-0.4, -0.2) is 46.5 Å². The van der Waals surface area contributed by atoms with Crippen molar-refractivity contribution in [3.8, 4) is 11.4 Å². The van der Waals surface area contributed by atoms with Gasteiger partial charge in [0.1, 0.15) is 6.61 Å². The number of methoxy groups -OCH3 is 1. The lowest BCUT2D eigenvalue weighted by Gasteiger charge is -2.09. The fourth-order valence-electron chi connectivity index (χ4n) is 1.51. The summed E-state index contributed by atoms with van der Waals surface area (Å²) >= 11 is 1.23. The Labute approximate surface area is 147 Å². The highest BCUT2D eigenvalue weighted by Crippen LogP contribution is 2.18. The first-order chi connectivity index (χ1) is 11.7. The summed E-state index contributed by atoms with van der Waals surface area (Å²) in [6, 6.07) is 7.39. The van der Waals surface area contributed by atoms with Crippen LogP contribution < -0.4 is 0 Å². The lowest BCUT2D eigenvalue weighted by molar-refractivity contribution is -0.143. The molecule has 0 bridgehead atoms. The molecule has 2 aromatic heterocycles. The normalized spacial score (nSPS) is 11.2. The molecule has 130 valence electrons. The van der Waals surface area contributed by atoms with Gasteiger partial charge in [0.15, 0.2) is 5.16 Å². The van der Waals surface area contributed by atoms with Crippen molar-refractivity contribution in [1.29, 1.82) is 0 Å². The summed E-state index contributed by atoms with van der Waals surface area (Å²) in [6.45, 7) is 6.07. The molecule has 0 saturated carbocycles. The average Bonchev–Trinajstić information content (AvgIpc) is 2.67. The van der Waals surface area contributed by atoms with E-state index in [0.717, 1.165) is 11.4 Å². The number of pyridine rings is 1. The fraction of sp³-hybridized carbons (Fsp3) is 0.412. The maximum atomic E-state index is 11.6. The number of hydrogen-bond donors (Lipinski definition) is 0. The number of thioether (sulfide) groups is 1. The SMILES string of the molecule is CC.COC(C)COC(=O)CSc1nccc(-c2ccccn2)n1. The Morgan fingerprint density at radius 1 is 1.17 bits per heavy atom. The van der Waals surface area contributed by atoms with E-state index >= 15 is 0 Å². The summed E-state index contributed by atoms with van der Waals surface area (Å²) < 4.78 is 10.1. The molecule has 6 nitrogen and oxygen atoms in total. The molecule has 0 amide bonds. The zero-order valence-corrected chi connectivity index (χ0v) is 15.2. The lowest BCUT2D eigenvalue weighted by Crippen LogP contribution is -2.18. The van der Waals surface area contributed by atoms with E-state index < -0.39 is 0 Å². The van der Waals surface area contributed by atoms with Gasteiger partial charge in [-0.15, -0.1) is 0 Å². The number of nitrogens with zero attached hydrogens (tertiary/aromatic N) is 3. The number of carbonyl (C=O) groups excluding carboxylic acids is 1. The van der Waals surface area contributed by atoms with Crippen LogP contribution in [0.5, 0.6) is 0 Å². The maximum Gasteiger partial charge on any atom is 0.316 e. The number of esters is 1. The molecular weight excluding hydrogens is 326 g/mol. The van der Waals surface area contributed by atoms with Crippen LogP contribution in [0.3, 0.4) is 0 Å². The summed E-state index contributed by atoms with van der Waals surface area (Å²) in [7, 11) is 1.57. The summed E-state index contributed by atoms with van der Waals surface area (Å²) in [6.07, 6.45) is 3.24. The molecule has 2 heterocycles. The molecule has 0 aliphatic carbocycles. The first-order valence-corrected chi connectivity index (χ1v) is 8.73. The number of hydrogen-bond acceptors (Lipinski definition) is 7. The minimum absolute atomic E-state index is 0.113. The zero-order valence-electron chi connectivity index (χ0n) is 14.4. The highest BCUT2D eigenvalue weighted by molar-refractivity contribution is 7.99. The van der Waals surface area contributed by atoms with Gasteiger partial charge in [0.25, 0.3) is 0 Å². The van der Waals surface area contributed by atoms with E-state index in [1.807, 2.05) is 39.0 Å². The van der Waals surface area contributed by atoms with Crippen LogP contribution in [0, 0.1) is 0 Å². The summed E-state index contributed by atoms with van der Waals surface area (Å²) in [5.41, 5.74) is 1.49. The molecule has 2 rings (SSSR count). The molecule has 0 aromatic carbocycles. The second-order valence-corrected chi connectivity index (χ2v) is 5.40. The molecule has 7 heteroatoms. The quantitative estimate of drug-likeness (QED) is 0.431. The molecule has 1 atom stereocenters. The molecule has 0 saturated heterocycles. The van der Waals surface area contributed by atoms with Crippen molar-refractivity contribution in [2.24, 2.45) is 0 Å². The van der Waals surface area contributed by atoms with Gasteiger partial charge >= 0.3 is 5.97 Å². The number of carbonyl (C=O) groups is 1. The number of ether oxygens (including phenoxy) is 2. The van der Waals surface area contributed by atoms with Crippen LogP contribution in [0.25, 0.3) is 11.4 Å². The number of rotatable bonds is 7. The molecule has 0 fully saturated rings. The minimum atomic E-state index is -0.319. The smallest absolute Gasteiger partial charge is 0.316 e. The van der Waals surface area contributed by atoms with Crippen molar-refractivity contribution < 1.29 is 14.3 Å². The molecule has 2 aromatic rings. The van der Waals surface area contributed by atoms with Crippen molar-refractivity contribution in [2.45, 2.75) is 32.0 Å². The molecule has 0 aliphatic heterocycles. The third kappa shape index (κ3) is 7.06. The van der Waals surface area contributed by atoms with E-state index in [9.17, 15) is 4.79 Å². The molecule has 0 radical (unpaired) electrons. The average molecular weight is 349 g/mol. The van der Waals surface area contributed by atoms with Crippen LogP contribution >= 0.6 is 11.8 Å². The van der Waals surface area contributed by atoms with Crippen molar-refractivity contribution in [2.75, 3.05) is 19.5 Å². The van der Waals surface area contributed by atoms with Crippen molar-refractivity contribution in [3.63, 3.8) is 0 Å². The van der Waals surface area contributed by atoms with Crippen LogP contribution in [0.4, 0.5) is 0 Å². The van der Waals surface area contributed by atoms with Gasteiger partial charge in [-0.05, 0) is 25.1 Å². The molecular formula is C17H23N3O3S. The van der Waals surface area contributed by atoms with Crippen molar-refractivity contribution in [1.82, 2.24) is 15.0 Å². The largest absolute Gasteiger partial charge is 0.462 e. The van der Waals surface area contributed by atoms with Gasteiger partial charge in [-0.25, -0.2) is 9.97 Å². The van der Waals surface area contributed by atoms with Crippen LogP contribution in [0.15, 0.2) is 41.8 Å². The Morgan fingerprint density at radius 3 is 2.62 bits per heavy atom. The lowest BCUT2D eigenvalue weighted by atomic mass is 10.3. The Morgan fingerprint density at radius 2 is 1.96 bits per heavy atom. The predicted octanol–water partition coefficient (Wildman–Crippen LogP) is 3.24. The fourth-order valence-corrected chi connectivity index (χ4v) is 2.14. The topological polar surface area (TPSA) is 74.2 Å². The van der Waals surface area contributed by atoms with Gasteiger partial charge in [-0.3, -0.25) is 9.78 Å². The third-order valence-electron chi connectivity index (χ3n) is 2.76. The second-order valence-electron chi connectivity index (χ2n) is 4.46. The Kier molecular flexibility index (Phi) is 9.64. The van der Waals surface area contributed by atoms with Gasteiger partial charge in [0.2, 0.25) is 0 Å². The standard InChI is InChI=1S/C15H17N3O3S.C2H6/c1-11(20-2)9-21-14(19)10-22-15-17-8-6-13(18-15)12-5-3-4-7-16-12;1-2/h3-8,11H,9-10H2,1-2H3;1-2H3. The van der Waals surface area contributed by atoms with Gasteiger partial charge in [-0.1, -0.05) is 31.7 Å². The van der Waals surface area contributed by atoms with E-state index in [1.165, 1.54) is 11.8 Å². The third-order valence-corrected chi connectivity index (χ3v) is 3.60. The van der Waals surface area contributed by atoms with E-state index in [2.05, 4.69) is 15.0 Å². The van der Waals surface area contributed by atoms with Gasteiger partial charge in [0.05, 0.1) is 23.2 Å². The van der Waals surface area contributed by atoms with E-state index in [0.29, 0.717) is 5.16 Å². The molecule has 1 unspecified atom stereocenters. The van der Waals surface area contributed by atoms with Gasteiger partial charge in [0, 0.05) is 19.5 Å². The maximum absolute atomic E-state index is 11.6. The molecule has 0 N–H and O–H groups in total. The Hall–Kier alpha value is -1.99. The minimum Gasteiger partial charge on any atom is -0.462 e. The summed E-state index contributed by atoms with van der Waals surface area (Å²) in [5.74, 6) is -0.164. The van der Waals surface area contributed by atoms with Crippen LogP contribution in [0.2, 0.25) is 0 Å². The zero-order chi connectivity index (χ0) is 17.8. The first-order valence-electron chi connectivity index (χ1n) is 7.74. The van der Waals surface area contributed by atoms with E-state index in [-0.39, 0.29) is 24.4 Å². The number of aromatic nitrogens is 3. The molecule has 24 heavy (non-hydrogen) atoms. The Bertz CT molecular complexity index is 611. The van der Waals surface area contributed by atoms with E-state index in [1.54, 1.807) is 25.6 Å². The van der Waals surface area contributed by atoms with Gasteiger partial charge < -0.3 is 9.47 Å². The second kappa shape index (κ2) is 11.5. The highest BCUT2D eigenvalue weighted by atomic mass is 32.2. The molecule has 0 aliphatic rings. The molecule has 0 spiro atoms. The first kappa shape index (κ1) is 20.1. The van der Waals surface area contributed by atoms with Crippen LogP contribution in [-0.2, 0) is 14.3 Å². The Balaban J connectivity index is 0.00000139. The van der Waals surface area contributed by atoms with Gasteiger partial charge in [-0.2, -0.15) is 0 Å². The highest BCUT2D eigenvalue weighted by Gasteiger charge is 2.09. The van der Waals surface area contributed by atoms with Crippen LogP contribution in [0.1, 0.15) is 20.8 Å². The monoisotopic (exact) mass is 349 g/mol. The van der Waals surface area contributed by atoms with Crippen molar-refractivity contribution >= 4 is 17.7 Å². The summed E-state index contributed by atoms with van der Waals surface area (Å²) in [5, 5.41) is 0.514. The summed E-state index contributed by atoms with van der Waals surface area (Å²) in [4.78, 5) is 24.4. The van der Waals surface area contributed by atoms with Crippen molar-refractivity contribution in [3.05, 3.63) is 36.7 Å². The predicted molar refractivity (Wildman–Crippen MR) is 94.8 cm³/mol. The van der Waals surface area contributed by atoms with E-state index in [4.69, 9.17) is 9.47 Å².